The Balaban J connectivity index is 1.97. The Morgan fingerprint density at radius 2 is 1.87 bits per heavy atom. The van der Waals surface area contributed by atoms with Crippen molar-refractivity contribution in [3.63, 3.8) is 0 Å². The van der Waals surface area contributed by atoms with E-state index in [9.17, 15) is 9.59 Å². The molecule has 0 radical (unpaired) electrons. The number of amides is 2. The molecule has 2 N–H and O–H groups in total. The van der Waals surface area contributed by atoms with E-state index in [0.29, 0.717) is 12.2 Å². The van der Waals surface area contributed by atoms with E-state index in [-0.39, 0.29) is 11.8 Å². The molecule has 4 heteroatoms. The van der Waals surface area contributed by atoms with Gasteiger partial charge >= 0.3 is 0 Å². The van der Waals surface area contributed by atoms with Crippen LogP contribution in [-0.4, -0.2) is 11.8 Å². The Kier molecular flexibility index (Phi) is 2.49. The van der Waals surface area contributed by atoms with E-state index < -0.39 is 0 Å². The van der Waals surface area contributed by atoms with Crippen LogP contribution in [0.2, 0.25) is 0 Å². The number of imide groups is 1. The topological polar surface area (TPSA) is 58.2 Å². The fraction of sp³-hybridized carbons (Fsp3) is 0.0909. The minimum Gasteiger partial charge on any atom is -0.376 e. The highest BCUT2D eigenvalue weighted by Crippen LogP contribution is 2.02. The molecular weight excluding hydrogens is 192 g/mol. The van der Waals surface area contributed by atoms with E-state index in [2.05, 4.69) is 10.6 Å². The lowest BCUT2D eigenvalue weighted by Gasteiger charge is -2.04. The molecule has 0 saturated carbocycles. The largest absolute Gasteiger partial charge is 0.376 e. The molecule has 0 unspecified atom stereocenters. The first-order valence-corrected chi connectivity index (χ1v) is 4.60. The number of hydrogen-bond acceptors (Lipinski definition) is 3. The first-order valence-electron chi connectivity index (χ1n) is 4.60. The van der Waals surface area contributed by atoms with Gasteiger partial charge in [-0.05, 0) is 5.56 Å². The first kappa shape index (κ1) is 9.45. The molecule has 15 heavy (non-hydrogen) atoms. The summed E-state index contributed by atoms with van der Waals surface area (Å²) in [4.78, 5) is 22.0. The SMILES string of the molecule is O=C1C=C(NCc2ccccc2)C(=O)N1. The van der Waals surface area contributed by atoms with Crippen LogP contribution in [0.25, 0.3) is 0 Å². The fourth-order valence-electron chi connectivity index (χ4n) is 1.34. The molecule has 0 fully saturated rings. The van der Waals surface area contributed by atoms with Crippen LogP contribution in [0, 0.1) is 0 Å². The molecule has 0 spiro atoms. The second kappa shape index (κ2) is 3.96. The van der Waals surface area contributed by atoms with Gasteiger partial charge in [-0.15, -0.1) is 0 Å². The molecule has 1 aliphatic heterocycles. The maximum atomic E-state index is 11.1. The molecule has 0 aromatic heterocycles. The monoisotopic (exact) mass is 202 g/mol. The Labute approximate surface area is 87.0 Å². The van der Waals surface area contributed by atoms with Gasteiger partial charge < -0.3 is 5.32 Å². The summed E-state index contributed by atoms with van der Waals surface area (Å²) in [5.74, 6) is -0.730. The average molecular weight is 202 g/mol. The van der Waals surface area contributed by atoms with E-state index in [0.717, 1.165) is 5.56 Å². The van der Waals surface area contributed by atoms with Crippen LogP contribution in [0.1, 0.15) is 5.56 Å². The van der Waals surface area contributed by atoms with Gasteiger partial charge in [0.2, 0.25) is 0 Å². The summed E-state index contributed by atoms with van der Waals surface area (Å²) in [5.41, 5.74) is 1.38. The van der Waals surface area contributed by atoms with Crippen LogP contribution in [-0.2, 0) is 16.1 Å². The molecule has 0 atom stereocenters. The number of carbonyl (C=O) groups is 2. The summed E-state index contributed by atoms with van der Waals surface area (Å²) in [6.07, 6.45) is 1.27. The van der Waals surface area contributed by atoms with E-state index in [4.69, 9.17) is 0 Å². The van der Waals surface area contributed by atoms with Gasteiger partial charge in [0.05, 0.1) is 0 Å². The standard InChI is InChI=1S/C11H10N2O2/c14-10-6-9(11(15)13-10)12-7-8-4-2-1-3-5-8/h1-6H,7H2,(H2,12,13,14,15). The van der Waals surface area contributed by atoms with E-state index in [1.54, 1.807) is 0 Å². The van der Waals surface area contributed by atoms with Gasteiger partial charge in [0, 0.05) is 12.6 Å². The lowest BCUT2D eigenvalue weighted by molar-refractivity contribution is -0.124. The first-order chi connectivity index (χ1) is 7.25. The lowest BCUT2D eigenvalue weighted by atomic mass is 10.2. The molecule has 0 saturated heterocycles. The van der Waals surface area contributed by atoms with E-state index >= 15 is 0 Å². The minimum atomic E-state index is -0.365. The van der Waals surface area contributed by atoms with Gasteiger partial charge in [0.25, 0.3) is 11.8 Å². The van der Waals surface area contributed by atoms with Crippen molar-refractivity contribution in [2.45, 2.75) is 6.54 Å². The maximum absolute atomic E-state index is 11.1. The van der Waals surface area contributed by atoms with Crippen molar-refractivity contribution < 1.29 is 9.59 Å². The Morgan fingerprint density at radius 1 is 1.13 bits per heavy atom. The minimum absolute atomic E-state index is 0.323. The number of rotatable bonds is 3. The number of carbonyl (C=O) groups excluding carboxylic acids is 2. The van der Waals surface area contributed by atoms with E-state index in [1.165, 1.54) is 6.08 Å². The molecule has 4 nitrogen and oxygen atoms in total. The van der Waals surface area contributed by atoms with Crippen molar-refractivity contribution >= 4 is 11.8 Å². The maximum Gasteiger partial charge on any atom is 0.274 e. The highest BCUT2D eigenvalue weighted by Gasteiger charge is 2.19. The normalized spacial score (nSPS) is 14.8. The molecule has 0 bridgehead atoms. The lowest BCUT2D eigenvalue weighted by Crippen LogP contribution is -2.26. The highest BCUT2D eigenvalue weighted by atomic mass is 16.2. The molecule has 1 aliphatic rings. The van der Waals surface area contributed by atoms with Crippen LogP contribution in [0.5, 0.6) is 0 Å². The van der Waals surface area contributed by atoms with Gasteiger partial charge in [-0.2, -0.15) is 0 Å². The van der Waals surface area contributed by atoms with Crippen molar-refractivity contribution in [2.24, 2.45) is 0 Å². The number of nitrogens with one attached hydrogen (secondary N) is 2. The molecule has 2 amide bonds. The number of benzene rings is 1. The smallest absolute Gasteiger partial charge is 0.274 e. The van der Waals surface area contributed by atoms with Crippen LogP contribution in [0.4, 0.5) is 0 Å². The molecule has 2 rings (SSSR count). The van der Waals surface area contributed by atoms with Crippen molar-refractivity contribution in [3.05, 3.63) is 47.7 Å². The van der Waals surface area contributed by atoms with Crippen LogP contribution in [0.15, 0.2) is 42.1 Å². The fourth-order valence-corrected chi connectivity index (χ4v) is 1.34. The highest BCUT2D eigenvalue weighted by molar-refractivity contribution is 6.15. The summed E-state index contributed by atoms with van der Waals surface area (Å²) < 4.78 is 0. The second-order valence-electron chi connectivity index (χ2n) is 3.22. The molecule has 76 valence electrons. The van der Waals surface area contributed by atoms with Crippen molar-refractivity contribution in [1.82, 2.24) is 10.6 Å². The Morgan fingerprint density at radius 3 is 2.47 bits per heavy atom. The van der Waals surface area contributed by atoms with Gasteiger partial charge in [0.15, 0.2) is 0 Å². The average Bonchev–Trinajstić information content (AvgIpc) is 2.56. The third kappa shape index (κ3) is 2.22. The van der Waals surface area contributed by atoms with Gasteiger partial charge in [-0.3, -0.25) is 14.9 Å². The summed E-state index contributed by atoms with van der Waals surface area (Å²) in [7, 11) is 0. The van der Waals surface area contributed by atoms with Crippen LogP contribution in [0.3, 0.4) is 0 Å². The summed E-state index contributed by atoms with van der Waals surface area (Å²) in [5, 5.41) is 5.08. The zero-order valence-electron chi connectivity index (χ0n) is 7.99. The predicted octanol–water partition coefficient (Wildman–Crippen LogP) is 0.317. The third-order valence-electron chi connectivity index (χ3n) is 2.08. The molecule has 1 aromatic carbocycles. The molecular formula is C11H10N2O2. The van der Waals surface area contributed by atoms with Crippen LogP contribution < -0.4 is 10.6 Å². The Bertz CT molecular complexity index is 423. The quantitative estimate of drug-likeness (QED) is 0.694. The van der Waals surface area contributed by atoms with Crippen molar-refractivity contribution in [3.8, 4) is 0 Å². The van der Waals surface area contributed by atoms with E-state index in [1.807, 2.05) is 30.3 Å². The zero-order valence-corrected chi connectivity index (χ0v) is 7.99. The van der Waals surface area contributed by atoms with Gasteiger partial charge in [-0.1, -0.05) is 30.3 Å². The summed E-state index contributed by atoms with van der Waals surface area (Å²) in [6, 6.07) is 9.66. The summed E-state index contributed by atoms with van der Waals surface area (Å²) >= 11 is 0. The van der Waals surface area contributed by atoms with Crippen molar-refractivity contribution in [1.29, 1.82) is 0 Å². The van der Waals surface area contributed by atoms with Gasteiger partial charge in [-0.25, -0.2) is 0 Å². The third-order valence-corrected chi connectivity index (χ3v) is 2.08. The zero-order chi connectivity index (χ0) is 10.7. The second-order valence-corrected chi connectivity index (χ2v) is 3.22. The predicted molar refractivity (Wildman–Crippen MR) is 54.5 cm³/mol. The Hall–Kier alpha value is -2.10. The van der Waals surface area contributed by atoms with Gasteiger partial charge in [0.1, 0.15) is 5.70 Å². The molecule has 1 heterocycles. The molecule has 0 aliphatic carbocycles. The molecule has 1 aromatic rings. The number of hydrogen-bond donors (Lipinski definition) is 2. The summed E-state index contributed by atoms with van der Waals surface area (Å²) in [6.45, 7) is 0.535. The van der Waals surface area contributed by atoms with Crippen LogP contribution >= 0.6 is 0 Å². The van der Waals surface area contributed by atoms with Crippen molar-refractivity contribution in [2.75, 3.05) is 0 Å².